The van der Waals surface area contributed by atoms with Crippen LogP contribution in [0, 0.1) is 0 Å². The second kappa shape index (κ2) is 15.1. The van der Waals surface area contributed by atoms with Gasteiger partial charge < -0.3 is 18.3 Å². The van der Waals surface area contributed by atoms with Crippen LogP contribution in [0.15, 0.2) is 0 Å². The number of hydrogen-bond acceptors (Lipinski definition) is 4. The molecule has 0 aliphatic heterocycles. The van der Waals surface area contributed by atoms with Crippen LogP contribution in [0.4, 0.5) is 0 Å². The van der Waals surface area contributed by atoms with E-state index < -0.39 is 10.0 Å². The normalized spacial score (nSPS) is 13.5. The molecule has 0 rings (SSSR count). The fourth-order valence-electron chi connectivity index (χ4n) is 1.26. The monoisotopic (exact) mass is 278 g/mol. The first-order valence-electron chi connectivity index (χ1n) is 7.23. The van der Waals surface area contributed by atoms with Gasteiger partial charge in [0.15, 0.2) is 6.29 Å². The lowest BCUT2D eigenvalue weighted by Gasteiger charge is -2.18. The van der Waals surface area contributed by atoms with E-state index in [1.54, 1.807) is 0 Å². The maximum atomic E-state index is 5.65. The topological polar surface area (TPSA) is 36.9 Å². The molecule has 0 aromatic rings. The molecule has 0 aliphatic carbocycles. The summed E-state index contributed by atoms with van der Waals surface area (Å²) in [4.78, 5) is 0. The third-order valence-corrected chi connectivity index (χ3v) is 3.35. The van der Waals surface area contributed by atoms with Crippen molar-refractivity contribution in [3.63, 3.8) is 0 Å². The summed E-state index contributed by atoms with van der Waals surface area (Å²) in [5.41, 5.74) is 0. The average Bonchev–Trinajstić information content (AvgIpc) is 2.39. The van der Waals surface area contributed by atoms with E-state index >= 15 is 0 Å². The van der Waals surface area contributed by atoms with Crippen LogP contribution in [0.2, 0.25) is 0 Å². The molecule has 0 aromatic heterocycles. The van der Waals surface area contributed by atoms with Crippen LogP contribution in [0.3, 0.4) is 0 Å². The van der Waals surface area contributed by atoms with Crippen molar-refractivity contribution < 1.29 is 18.3 Å². The first-order chi connectivity index (χ1) is 8.85. The van der Waals surface area contributed by atoms with Gasteiger partial charge in [0.05, 0.1) is 6.61 Å². The highest BCUT2D eigenvalue weighted by molar-refractivity contribution is 6.17. The smallest absolute Gasteiger partial charge is 0.306 e. The minimum atomic E-state index is -0.926. The maximum absolute atomic E-state index is 5.65. The highest BCUT2D eigenvalue weighted by atomic mass is 28.3. The van der Waals surface area contributed by atoms with E-state index in [9.17, 15) is 0 Å². The molecule has 0 aromatic carbocycles. The van der Waals surface area contributed by atoms with Crippen molar-refractivity contribution in [2.75, 3.05) is 26.4 Å². The Morgan fingerprint density at radius 3 is 2.28 bits per heavy atom. The summed E-state index contributed by atoms with van der Waals surface area (Å²) in [6.07, 6.45) is 5.23. The van der Waals surface area contributed by atoms with Gasteiger partial charge in [-0.3, -0.25) is 0 Å². The first kappa shape index (κ1) is 18.1. The van der Waals surface area contributed by atoms with E-state index in [1.807, 2.05) is 0 Å². The maximum Gasteiger partial charge on any atom is 0.306 e. The van der Waals surface area contributed by atoms with Gasteiger partial charge >= 0.3 is 10.0 Å². The van der Waals surface area contributed by atoms with Gasteiger partial charge in [-0.25, -0.2) is 0 Å². The number of rotatable bonds is 14. The standard InChI is InChI=1S/C13H30O4Si/c1-4-7-10-14-12-13(15-11-8-5-2)17-18-16-9-6-3/h13H,4-12,18H2,1-3H3. The van der Waals surface area contributed by atoms with Crippen molar-refractivity contribution >= 4 is 10.0 Å². The van der Waals surface area contributed by atoms with Crippen LogP contribution in [0.5, 0.6) is 0 Å². The Labute approximate surface area is 114 Å². The Bertz CT molecular complexity index is 146. The van der Waals surface area contributed by atoms with E-state index in [2.05, 4.69) is 20.8 Å². The van der Waals surface area contributed by atoms with E-state index in [-0.39, 0.29) is 6.29 Å². The molecule has 5 heteroatoms. The summed E-state index contributed by atoms with van der Waals surface area (Å²) in [7, 11) is -0.926. The van der Waals surface area contributed by atoms with Crippen LogP contribution in [0.1, 0.15) is 52.9 Å². The molecule has 1 unspecified atom stereocenters. The lowest BCUT2D eigenvalue weighted by molar-refractivity contribution is -0.128. The predicted octanol–water partition coefficient (Wildman–Crippen LogP) is 2.39. The molecule has 0 amide bonds. The summed E-state index contributed by atoms with van der Waals surface area (Å²) in [5, 5.41) is 0. The fraction of sp³-hybridized carbons (Fsp3) is 1.00. The third-order valence-electron chi connectivity index (χ3n) is 2.38. The van der Waals surface area contributed by atoms with Crippen molar-refractivity contribution in [2.24, 2.45) is 0 Å². The molecule has 1 atom stereocenters. The molecular weight excluding hydrogens is 248 g/mol. The first-order valence-corrected chi connectivity index (χ1v) is 8.39. The van der Waals surface area contributed by atoms with Crippen LogP contribution in [0.25, 0.3) is 0 Å². The highest BCUT2D eigenvalue weighted by Gasteiger charge is 2.09. The third kappa shape index (κ3) is 12.5. The summed E-state index contributed by atoms with van der Waals surface area (Å²) >= 11 is 0. The molecule has 0 radical (unpaired) electrons. The summed E-state index contributed by atoms with van der Waals surface area (Å²) in [6.45, 7) is 9.22. The lowest BCUT2D eigenvalue weighted by atomic mass is 10.4. The second-order valence-corrected chi connectivity index (χ2v) is 5.25. The Kier molecular flexibility index (Phi) is 15.2. The molecular formula is C13H30O4Si. The zero-order valence-electron chi connectivity index (χ0n) is 12.3. The SMILES string of the molecule is CCCCOCC(OCCCC)O[SiH2]OCCC. The van der Waals surface area contributed by atoms with Crippen LogP contribution < -0.4 is 0 Å². The predicted molar refractivity (Wildman–Crippen MR) is 76.2 cm³/mol. The van der Waals surface area contributed by atoms with E-state index in [1.165, 1.54) is 0 Å². The van der Waals surface area contributed by atoms with Crippen molar-refractivity contribution in [1.29, 1.82) is 0 Å². The van der Waals surface area contributed by atoms with Gasteiger partial charge in [0.2, 0.25) is 0 Å². The zero-order valence-corrected chi connectivity index (χ0v) is 13.7. The molecule has 0 saturated heterocycles. The fourth-order valence-corrected chi connectivity index (χ4v) is 2.10. The van der Waals surface area contributed by atoms with Crippen LogP contribution >= 0.6 is 0 Å². The number of ether oxygens (including phenoxy) is 2. The van der Waals surface area contributed by atoms with Gasteiger partial charge in [0.1, 0.15) is 0 Å². The van der Waals surface area contributed by atoms with Gasteiger partial charge in [-0.1, -0.05) is 33.6 Å². The molecule has 0 spiro atoms. The molecule has 0 heterocycles. The van der Waals surface area contributed by atoms with E-state index in [4.69, 9.17) is 18.3 Å². The van der Waals surface area contributed by atoms with Gasteiger partial charge in [-0.05, 0) is 19.3 Å². The summed E-state index contributed by atoms with van der Waals surface area (Å²) in [5.74, 6) is 0. The van der Waals surface area contributed by atoms with Gasteiger partial charge in [-0.15, -0.1) is 0 Å². The summed E-state index contributed by atoms with van der Waals surface area (Å²) in [6, 6.07) is 0. The van der Waals surface area contributed by atoms with Gasteiger partial charge in [-0.2, -0.15) is 0 Å². The Hall–Kier alpha value is 0.0569. The van der Waals surface area contributed by atoms with E-state index in [0.717, 1.165) is 51.9 Å². The summed E-state index contributed by atoms with van der Waals surface area (Å²) < 4.78 is 22.3. The molecule has 18 heavy (non-hydrogen) atoms. The molecule has 0 aliphatic rings. The van der Waals surface area contributed by atoms with Crippen LogP contribution in [-0.4, -0.2) is 42.7 Å². The number of unbranched alkanes of at least 4 members (excludes halogenated alkanes) is 2. The minimum absolute atomic E-state index is 0.239. The molecule has 0 N–H and O–H groups in total. The highest BCUT2D eigenvalue weighted by Crippen LogP contribution is 2.00. The lowest BCUT2D eigenvalue weighted by Crippen LogP contribution is -2.27. The second-order valence-electron chi connectivity index (χ2n) is 4.28. The van der Waals surface area contributed by atoms with Crippen molar-refractivity contribution in [1.82, 2.24) is 0 Å². The minimum Gasteiger partial charge on any atom is -0.399 e. The molecule has 0 fully saturated rings. The Balaban J connectivity index is 3.62. The molecule has 0 bridgehead atoms. The van der Waals surface area contributed by atoms with Gasteiger partial charge in [0, 0.05) is 19.8 Å². The quantitative estimate of drug-likeness (QED) is 0.278. The molecule has 0 saturated carbocycles. The van der Waals surface area contributed by atoms with Crippen molar-refractivity contribution in [2.45, 2.75) is 59.2 Å². The molecule has 4 nitrogen and oxygen atoms in total. The van der Waals surface area contributed by atoms with E-state index in [0.29, 0.717) is 6.61 Å². The largest absolute Gasteiger partial charge is 0.399 e. The zero-order chi connectivity index (χ0) is 13.5. The Morgan fingerprint density at radius 1 is 0.889 bits per heavy atom. The molecule has 110 valence electrons. The van der Waals surface area contributed by atoms with Crippen molar-refractivity contribution in [3.05, 3.63) is 0 Å². The van der Waals surface area contributed by atoms with Gasteiger partial charge in [0.25, 0.3) is 0 Å². The van der Waals surface area contributed by atoms with Crippen molar-refractivity contribution in [3.8, 4) is 0 Å². The van der Waals surface area contributed by atoms with Crippen LogP contribution in [-0.2, 0) is 18.3 Å². The average molecular weight is 278 g/mol. The Morgan fingerprint density at radius 2 is 1.61 bits per heavy atom. The number of hydrogen-bond donors (Lipinski definition) is 0.